The quantitative estimate of drug-likeness (QED) is 0.0467. The van der Waals surface area contributed by atoms with Crippen molar-refractivity contribution in [2.75, 3.05) is 11.9 Å². The van der Waals surface area contributed by atoms with Crippen LogP contribution in [0.25, 0.3) is 11.0 Å². The van der Waals surface area contributed by atoms with Crippen molar-refractivity contribution in [1.29, 1.82) is 0 Å². The monoisotopic (exact) mass is 747 g/mol. The predicted molar refractivity (Wildman–Crippen MR) is 216 cm³/mol. The van der Waals surface area contributed by atoms with Gasteiger partial charge in [0, 0.05) is 25.5 Å². The first-order valence-electron chi connectivity index (χ1n) is 22.0. The highest BCUT2D eigenvalue weighted by atomic mass is 16.6. The van der Waals surface area contributed by atoms with E-state index in [1.807, 2.05) is 0 Å². The third kappa shape index (κ3) is 9.18. The molecule has 8 atom stereocenters. The minimum Gasteiger partial charge on any atom is -0.462 e. The van der Waals surface area contributed by atoms with Crippen LogP contribution in [0.2, 0.25) is 0 Å². The van der Waals surface area contributed by atoms with E-state index < -0.39 is 4.92 Å². The lowest BCUT2D eigenvalue weighted by Crippen LogP contribution is -2.51. The summed E-state index contributed by atoms with van der Waals surface area (Å²) in [6, 6.07) is 3.11. The fourth-order valence-electron chi connectivity index (χ4n) is 12.0. The number of nitrogens with zero attached hydrogens (tertiary/aromatic N) is 3. The second kappa shape index (κ2) is 18.3. The van der Waals surface area contributed by atoms with Crippen molar-refractivity contribution >= 4 is 28.4 Å². The number of hydrogen-bond acceptors (Lipinski definition) is 8. The number of nitrogens with one attached hydrogen (secondary N) is 1. The van der Waals surface area contributed by atoms with Crippen molar-refractivity contribution in [3.63, 3.8) is 0 Å². The maximum Gasteiger partial charge on any atom is 0.306 e. The van der Waals surface area contributed by atoms with Crippen LogP contribution in [0, 0.1) is 56.5 Å². The molecule has 0 aliphatic heterocycles. The standard InChI is InChI=1S/C45H70N4O5/c1-31(2)16-15-17-32(3)36-21-22-37-35-20-19-33-30-34(25-27-44(33,4)38(35)26-28-45(36,37)5)53-41(50)18-13-11-9-7-6-8-10-12-14-29-46-39-23-24-40(49(51)52)43-42(39)47-54-48-43/h19,23-24,31-32,34-38,46H,6-18,20-22,25-30H2,1-5H3/t32-,34+,35+,36-,37+,38+,44+,45-/m1/s1. The zero-order chi connectivity index (χ0) is 38.3. The van der Waals surface area contributed by atoms with Gasteiger partial charge in [0.2, 0.25) is 5.52 Å². The molecule has 1 heterocycles. The van der Waals surface area contributed by atoms with Crippen molar-refractivity contribution in [3.8, 4) is 0 Å². The number of esters is 1. The Balaban J connectivity index is 0.826. The highest BCUT2D eigenvalue weighted by Gasteiger charge is 2.59. The molecular weight excluding hydrogens is 677 g/mol. The normalized spacial score (nSPS) is 29.7. The van der Waals surface area contributed by atoms with Gasteiger partial charge in [0.25, 0.3) is 0 Å². The Hall–Kier alpha value is -2.97. The smallest absolute Gasteiger partial charge is 0.306 e. The molecule has 9 nitrogen and oxygen atoms in total. The zero-order valence-corrected chi connectivity index (χ0v) is 34.2. The molecule has 6 rings (SSSR count). The molecule has 9 heteroatoms. The molecule has 1 N–H and O–H groups in total. The van der Waals surface area contributed by atoms with Gasteiger partial charge in [-0.1, -0.05) is 110 Å². The first kappa shape index (κ1) is 40.7. The summed E-state index contributed by atoms with van der Waals surface area (Å²) in [5.74, 6) is 5.12. The van der Waals surface area contributed by atoms with Gasteiger partial charge in [0.15, 0.2) is 5.52 Å². The van der Waals surface area contributed by atoms with Gasteiger partial charge in [-0.15, -0.1) is 0 Å². The number of non-ortho nitro benzene ring substituents is 1. The summed E-state index contributed by atoms with van der Waals surface area (Å²) in [5, 5.41) is 22.0. The molecule has 0 radical (unpaired) electrons. The first-order valence-corrected chi connectivity index (χ1v) is 22.0. The van der Waals surface area contributed by atoms with Crippen LogP contribution in [-0.4, -0.2) is 33.9 Å². The molecular formula is C45H70N4O5. The highest BCUT2D eigenvalue weighted by Crippen LogP contribution is 2.67. The Labute approximate surface area is 324 Å². The Bertz CT molecular complexity index is 1590. The van der Waals surface area contributed by atoms with E-state index in [1.165, 1.54) is 96.0 Å². The van der Waals surface area contributed by atoms with E-state index in [9.17, 15) is 14.9 Å². The summed E-state index contributed by atoms with van der Waals surface area (Å²) in [4.78, 5) is 23.6. The first-order chi connectivity index (χ1) is 26.0. The molecule has 54 heavy (non-hydrogen) atoms. The number of unbranched alkanes of at least 4 members (excludes halogenated alkanes) is 8. The second-order valence-corrected chi connectivity index (χ2v) is 18.9. The Morgan fingerprint density at radius 3 is 2.37 bits per heavy atom. The van der Waals surface area contributed by atoms with Gasteiger partial charge >= 0.3 is 11.7 Å². The summed E-state index contributed by atoms with van der Waals surface area (Å²) in [5.41, 5.74) is 3.62. The Kier molecular flexibility index (Phi) is 13.8. The third-order valence-electron chi connectivity index (χ3n) is 15.0. The minimum absolute atomic E-state index is 0.00807. The molecule has 3 fully saturated rings. The molecule has 4 aliphatic rings. The van der Waals surface area contributed by atoms with Crippen LogP contribution in [0.5, 0.6) is 0 Å². The van der Waals surface area contributed by atoms with Crippen LogP contribution in [0.15, 0.2) is 28.4 Å². The van der Waals surface area contributed by atoms with Crippen LogP contribution in [-0.2, 0) is 9.53 Å². The third-order valence-corrected chi connectivity index (χ3v) is 15.0. The van der Waals surface area contributed by atoms with Crippen LogP contribution >= 0.6 is 0 Å². The maximum absolute atomic E-state index is 12.9. The average molecular weight is 747 g/mol. The van der Waals surface area contributed by atoms with Crippen molar-refractivity contribution in [2.24, 2.45) is 46.3 Å². The van der Waals surface area contributed by atoms with Crippen LogP contribution in [0.3, 0.4) is 0 Å². The molecule has 0 saturated heterocycles. The van der Waals surface area contributed by atoms with E-state index in [0.717, 1.165) is 80.6 Å². The van der Waals surface area contributed by atoms with Crippen molar-refractivity contribution in [1.82, 2.24) is 10.3 Å². The molecule has 0 bridgehead atoms. The van der Waals surface area contributed by atoms with Gasteiger partial charge in [-0.3, -0.25) is 14.9 Å². The molecule has 1 aromatic carbocycles. The lowest BCUT2D eigenvalue weighted by Gasteiger charge is -2.58. The number of carbonyl (C=O) groups excluding carboxylic acids is 1. The van der Waals surface area contributed by atoms with Gasteiger partial charge in [0.05, 0.1) is 10.6 Å². The molecule has 2 aromatic rings. The Morgan fingerprint density at radius 2 is 1.63 bits per heavy atom. The topological polar surface area (TPSA) is 120 Å². The molecule has 4 aliphatic carbocycles. The summed E-state index contributed by atoms with van der Waals surface area (Å²) >= 11 is 0. The molecule has 0 amide bonds. The van der Waals surface area contributed by atoms with E-state index in [0.29, 0.717) is 28.5 Å². The van der Waals surface area contributed by atoms with E-state index in [2.05, 4.69) is 56.3 Å². The summed E-state index contributed by atoms with van der Waals surface area (Å²) < 4.78 is 10.9. The predicted octanol–water partition coefficient (Wildman–Crippen LogP) is 12.4. The lowest BCUT2D eigenvalue weighted by molar-refractivity contribution is -0.383. The van der Waals surface area contributed by atoms with Gasteiger partial charge in [-0.2, -0.15) is 0 Å². The van der Waals surface area contributed by atoms with E-state index in [-0.39, 0.29) is 23.3 Å². The second-order valence-electron chi connectivity index (χ2n) is 18.9. The largest absolute Gasteiger partial charge is 0.462 e. The fraction of sp³-hybridized carbons (Fsp3) is 0.800. The average Bonchev–Trinajstić information content (AvgIpc) is 3.77. The lowest BCUT2D eigenvalue weighted by atomic mass is 9.47. The zero-order valence-electron chi connectivity index (χ0n) is 34.2. The van der Waals surface area contributed by atoms with Crippen molar-refractivity contribution < 1.29 is 19.1 Å². The number of rotatable bonds is 20. The Morgan fingerprint density at radius 1 is 0.907 bits per heavy atom. The molecule has 0 unspecified atom stereocenters. The van der Waals surface area contributed by atoms with E-state index in [4.69, 9.17) is 9.37 Å². The number of allylic oxidation sites excluding steroid dienone is 1. The number of hydrogen-bond donors (Lipinski definition) is 1. The molecule has 300 valence electrons. The number of ether oxygens (including phenoxy) is 1. The van der Waals surface area contributed by atoms with Gasteiger partial charge in [0.1, 0.15) is 6.10 Å². The van der Waals surface area contributed by atoms with E-state index >= 15 is 0 Å². The highest BCUT2D eigenvalue weighted by molar-refractivity contribution is 5.93. The van der Waals surface area contributed by atoms with Gasteiger partial charge in [-0.25, -0.2) is 4.63 Å². The summed E-state index contributed by atoms with van der Waals surface area (Å²) in [6.45, 7) is 13.3. The summed E-state index contributed by atoms with van der Waals surface area (Å²) in [6.07, 6.45) is 27.7. The van der Waals surface area contributed by atoms with E-state index in [1.54, 1.807) is 11.6 Å². The number of fused-ring (bicyclic) bond motifs is 6. The number of anilines is 1. The van der Waals surface area contributed by atoms with Crippen LogP contribution in [0.1, 0.15) is 169 Å². The van der Waals surface area contributed by atoms with Gasteiger partial charge < -0.3 is 10.1 Å². The van der Waals surface area contributed by atoms with Crippen molar-refractivity contribution in [2.45, 2.75) is 176 Å². The molecule has 3 saturated carbocycles. The number of carbonyl (C=O) groups is 1. The van der Waals surface area contributed by atoms with Crippen molar-refractivity contribution in [3.05, 3.63) is 33.9 Å². The molecule has 1 aromatic heterocycles. The van der Waals surface area contributed by atoms with Gasteiger partial charge in [-0.05, 0) is 121 Å². The SMILES string of the molecule is CC(C)CCC[C@@H](C)[C@H]1CC[C@H]2[C@@H]3CC=C4C[C@@H](OC(=O)CCCCCCCCCCCNc5ccc([N+](=O)[O-])c6nonc56)CC[C@]4(C)[C@H]3CC[C@]12C. The van der Waals surface area contributed by atoms with Crippen LogP contribution in [0.4, 0.5) is 11.4 Å². The number of benzene rings is 1. The number of nitro groups is 1. The molecule has 0 spiro atoms. The maximum atomic E-state index is 12.9. The summed E-state index contributed by atoms with van der Waals surface area (Å²) in [7, 11) is 0. The van der Waals surface area contributed by atoms with Crippen LogP contribution < -0.4 is 5.32 Å². The minimum atomic E-state index is -0.472. The number of aromatic nitrogens is 2. The number of nitro benzene ring substituents is 1. The fourth-order valence-corrected chi connectivity index (χ4v) is 12.0.